The average Bonchev–Trinajstić information content (AvgIpc) is 2.38. The van der Waals surface area contributed by atoms with E-state index in [1.807, 2.05) is 0 Å². The molecule has 0 bridgehead atoms. The van der Waals surface area contributed by atoms with Crippen LogP contribution in [0.2, 0.25) is 0 Å². The van der Waals surface area contributed by atoms with Crippen molar-refractivity contribution in [2.24, 2.45) is 0 Å². The predicted octanol–water partition coefficient (Wildman–Crippen LogP) is 1.44. The summed E-state index contributed by atoms with van der Waals surface area (Å²) >= 11 is 5.49. The van der Waals surface area contributed by atoms with Gasteiger partial charge in [-0.15, -0.1) is 0 Å². The Balaban J connectivity index is 2.60. The quantitative estimate of drug-likeness (QED) is 0.638. The number of carboxylic acids is 1. The largest absolute Gasteiger partial charge is 0.508 e. The Morgan fingerprint density at radius 2 is 1.90 bits per heavy atom. The van der Waals surface area contributed by atoms with E-state index in [0.29, 0.717) is 5.56 Å². The fourth-order valence-corrected chi connectivity index (χ4v) is 1.52. The number of phenolic OH excluding ortho intramolecular Hbond substituents is 1. The molecule has 0 heterocycles. The topological polar surface area (TPSA) is 98.7 Å². The van der Waals surface area contributed by atoms with Gasteiger partial charge in [-0.3, -0.25) is 0 Å². The Kier molecular flexibility index (Phi) is 5.86. The standard InChI is InChI=1S/C13H15ClN2O4/c1-8(14)7-15-13(20)16-11(12(18)19)6-9-2-4-10(17)5-3-9/h2-5,11,17H,1,6-7H2,(H,18,19)(H2,15,16,20)/t11-/m1/s1. The van der Waals surface area contributed by atoms with Crippen molar-refractivity contribution in [3.8, 4) is 5.75 Å². The summed E-state index contributed by atoms with van der Waals surface area (Å²) in [6.45, 7) is 3.45. The molecule has 0 aromatic heterocycles. The fourth-order valence-electron chi connectivity index (χ4n) is 1.45. The molecule has 0 spiro atoms. The number of amides is 2. The van der Waals surface area contributed by atoms with Crippen LogP contribution >= 0.6 is 11.6 Å². The summed E-state index contributed by atoms with van der Waals surface area (Å²) in [4.78, 5) is 22.6. The molecule has 0 aliphatic rings. The van der Waals surface area contributed by atoms with Gasteiger partial charge in [-0.2, -0.15) is 0 Å². The van der Waals surface area contributed by atoms with Gasteiger partial charge in [-0.1, -0.05) is 30.3 Å². The van der Waals surface area contributed by atoms with E-state index in [-0.39, 0.29) is 23.7 Å². The van der Waals surface area contributed by atoms with Gasteiger partial charge in [0.15, 0.2) is 0 Å². The number of carbonyl (C=O) groups is 2. The first kappa shape index (κ1) is 15.8. The molecule has 20 heavy (non-hydrogen) atoms. The second kappa shape index (κ2) is 7.40. The molecule has 7 heteroatoms. The molecule has 1 aromatic carbocycles. The first-order chi connectivity index (χ1) is 9.38. The number of hydrogen-bond donors (Lipinski definition) is 4. The fraction of sp³-hybridized carbons (Fsp3) is 0.231. The van der Waals surface area contributed by atoms with E-state index in [2.05, 4.69) is 17.2 Å². The summed E-state index contributed by atoms with van der Waals surface area (Å²) in [5.41, 5.74) is 0.678. The molecule has 0 saturated heterocycles. The molecule has 1 rings (SSSR count). The van der Waals surface area contributed by atoms with Crippen molar-refractivity contribution in [2.45, 2.75) is 12.5 Å². The molecule has 0 radical (unpaired) electrons. The number of halogens is 1. The van der Waals surface area contributed by atoms with E-state index in [1.165, 1.54) is 12.1 Å². The van der Waals surface area contributed by atoms with Gasteiger partial charge >= 0.3 is 12.0 Å². The zero-order valence-electron chi connectivity index (χ0n) is 10.6. The summed E-state index contributed by atoms with van der Waals surface area (Å²) in [6.07, 6.45) is 0.102. The van der Waals surface area contributed by atoms with Crippen molar-refractivity contribution in [1.82, 2.24) is 10.6 Å². The van der Waals surface area contributed by atoms with Gasteiger partial charge in [-0.25, -0.2) is 9.59 Å². The van der Waals surface area contributed by atoms with Crippen molar-refractivity contribution in [3.63, 3.8) is 0 Å². The Morgan fingerprint density at radius 3 is 2.40 bits per heavy atom. The van der Waals surface area contributed by atoms with Crippen molar-refractivity contribution in [1.29, 1.82) is 0 Å². The Morgan fingerprint density at radius 1 is 1.30 bits per heavy atom. The highest BCUT2D eigenvalue weighted by atomic mass is 35.5. The minimum atomic E-state index is -1.15. The molecule has 0 saturated carbocycles. The SMILES string of the molecule is C=C(Cl)CNC(=O)N[C@H](Cc1ccc(O)cc1)C(=O)O. The van der Waals surface area contributed by atoms with E-state index in [9.17, 15) is 9.59 Å². The second-order valence-corrected chi connectivity index (χ2v) is 4.64. The first-order valence-electron chi connectivity index (χ1n) is 5.77. The van der Waals surface area contributed by atoms with Crippen LogP contribution in [0.15, 0.2) is 35.9 Å². The zero-order valence-corrected chi connectivity index (χ0v) is 11.4. The lowest BCUT2D eigenvalue weighted by Gasteiger charge is -2.15. The number of carbonyl (C=O) groups excluding carboxylic acids is 1. The van der Waals surface area contributed by atoms with E-state index in [4.69, 9.17) is 21.8 Å². The molecule has 1 atom stereocenters. The van der Waals surface area contributed by atoms with Crippen molar-refractivity contribution < 1.29 is 19.8 Å². The van der Waals surface area contributed by atoms with Crippen molar-refractivity contribution in [2.75, 3.05) is 6.54 Å². The van der Waals surface area contributed by atoms with E-state index < -0.39 is 18.0 Å². The molecular formula is C13H15ClN2O4. The van der Waals surface area contributed by atoms with Gasteiger partial charge in [0.05, 0.1) is 6.54 Å². The van der Waals surface area contributed by atoms with Gasteiger partial charge in [0.1, 0.15) is 11.8 Å². The maximum atomic E-state index is 11.5. The Bertz CT molecular complexity index is 502. The van der Waals surface area contributed by atoms with Gasteiger partial charge < -0.3 is 20.8 Å². The number of urea groups is 1. The number of nitrogens with one attached hydrogen (secondary N) is 2. The third kappa shape index (κ3) is 5.62. The predicted molar refractivity (Wildman–Crippen MR) is 74.8 cm³/mol. The maximum Gasteiger partial charge on any atom is 0.326 e. The Hall–Kier alpha value is -2.21. The van der Waals surface area contributed by atoms with E-state index in [0.717, 1.165) is 0 Å². The van der Waals surface area contributed by atoms with Gasteiger partial charge in [-0.05, 0) is 17.7 Å². The Labute approximate surface area is 121 Å². The molecule has 6 nitrogen and oxygen atoms in total. The molecule has 0 fully saturated rings. The van der Waals surface area contributed by atoms with Crippen LogP contribution < -0.4 is 10.6 Å². The zero-order chi connectivity index (χ0) is 15.1. The number of rotatable bonds is 6. The number of aromatic hydroxyl groups is 1. The summed E-state index contributed by atoms with van der Waals surface area (Å²) in [6, 6.07) is 4.36. The third-order valence-corrected chi connectivity index (χ3v) is 2.55. The van der Waals surface area contributed by atoms with Crippen LogP contribution in [0.25, 0.3) is 0 Å². The lowest BCUT2D eigenvalue weighted by molar-refractivity contribution is -0.139. The summed E-state index contributed by atoms with van der Waals surface area (Å²) in [5.74, 6) is -1.06. The molecule has 1 aromatic rings. The summed E-state index contributed by atoms with van der Waals surface area (Å²) < 4.78 is 0. The number of hydrogen-bond acceptors (Lipinski definition) is 3. The molecule has 0 unspecified atom stereocenters. The van der Waals surface area contributed by atoms with Crippen LogP contribution in [-0.4, -0.2) is 34.8 Å². The normalized spacial score (nSPS) is 11.4. The van der Waals surface area contributed by atoms with Gasteiger partial charge in [0, 0.05) is 11.5 Å². The average molecular weight is 299 g/mol. The highest BCUT2D eigenvalue weighted by Crippen LogP contribution is 2.11. The number of aliphatic carboxylic acids is 1. The van der Waals surface area contributed by atoms with Crippen molar-refractivity contribution in [3.05, 3.63) is 41.4 Å². The third-order valence-electron chi connectivity index (χ3n) is 2.42. The molecular weight excluding hydrogens is 284 g/mol. The van der Waals surface area contributed by atoms with Crippen LogP contribution in [0.5, 0.6) is 5.75 Å². The minimum Gasteiger partial charge on any atom is -0.508 e. The van der Waals surface area contributed by atoms with Gasteiger partial charge in [0.2, 0.25) is 0 Å². The highest BCUT2D eigenvalue weighted by Gasteiger charge is 2.20. The van der Waals surface area contributed by atoms with Gasteiger partial charge in [0.25, 0.3) is 0 Å². The van der Waals surface area contributed by atoms with Crippen LogP contribution in [0.4, 0.5) is 4.79 Å². The summed E-state index contributed by atoms with van der Waals surface area (Å²) in [7, 11) is 0. The molecule has 2 amide bonds. The highest BCUT2D eigenvalue weighted by molar-refractivity contribution is 6.29. The smallest absolute Gasteiger partial charge is 0.326 e. The number of phenols is 1. The van der Waals surface area contributed by atoms with Crippen LogP contribution in [0.3, 0.4) is 0 Å². The number of benzene rings is 1. The summed E-state index contributed by atoms with van der Waals surface area (Å²) in [5, 5.41) is 23.2. The van der Waals surface area contributed by atoms with Crippen LogP contribution in [0.1, 0.15) is 5.56 Å². The lowest BCUT2D eigenvalue weighted by Crippen LogP contribution is -2.47. The minimum absolute atomic E-state index is 0.0545. The van der Waals surface area contributed by atoms with Crippen LogP contribution in [-0.2, 0) is 11.2 Å². The van der Waals surface area contributed by atoms with Crippen LogP contribution in [0, 0.1) is 0 Å². The maximum absolute atomic E-state index is 11.5. The molecule has 108 valence electrons. The first-order valence-corrected chi connectivity index (χ1v) is 6.14. The molecule has 0 aliphatic heterocycles. The van der Waals surface area contributed by atoms with E-state index in [1.54, 1.807) is 12.1 Å². The lowest BCUT2D eigenvalue weighted by atomic mass is 10.1. The van der Waals surface area contributed by atoms with Crippen molar-refractivity contribution >= 4 is 23.6 Å². The van der Waals surface area contributed by atoms with E-state index >= 15 is 0 Å². The molecule has 4 N–H and O–H groups in total. The molecule has 0 aliphatic carbocycles. The second-order valence-electron chi connectivity index (χ2n) is 4.11. The monoisotopic (exact) mass is 298 g/mol. The number of carboxylic acid groups (broad SMARTS) is 1.